The van der Waals surface area contributed by atoms with Crippen LogP contribution >= 0.6 is 0 Å². The smallest absolute Gasteiger partial charge is 0.356 e. The van der Waals surface area contributed by atoms with Crippen molar-refractivity contribution in [3.63, 3.8) is 0 Å². The predicted molar refractivity (Wildman–Crippen MR) is 162 cm³/mol. The summed E-state index contributed by atoms with van der Waals surface area (Å²) in [6, 6.07) is 6.57. The van der Waals surface area contributed by atoms with Gasteiger partial charge in [0.15, 0.2) is 0 Å². The SMILES string of the molecule is Cc1cc(CN(Cc2cc3c(nc2N(CC2CC2)CC2CC2)C(C)(C)CC3)c2nnn(CC(C)C)n2)cc(C(F)(F)F)c1. The number of hydrogen-bond acceptors (Lipinski definition) is 6. The standard InChI is InChI=1S/C33H44F3N7/c1-21(2)16-43-39-31(38-40-43)42(19-25-12-22(3)13-28(14-25)33(34,35)36)20-27-15-26-10-11-32(4,5)29(26)37-30(27)41(17-23-6-7-23)18-24-8-9-24/h12-15,21,23-24H,6-11,16-20H2,1-5H3. The van der Waals surface area contributed by atoms with Crippen molar-refractivity contribution < 1.29 is 13.2 Å². The topological polar surface area (TPSA) is 63.0 Å². The van der Waals surface area contributed by atoms with Gasteiger partial charge in [-0.3, -0.25) is 0 Å². The summed E-state index contributed by atoms with van der Waals surface area (Å²) in [4.78, 5) is 11.5. The number of aromatic nitrogens is 5. The van der Waals surface area contributed by atoms with E-state index in [4.69, 9.17) is 4.98 Å². The van der Waals surface area contributed by atoms with Gasteiger partial charge >= 0.3 is 6.18 Å². The zero-order valence-corrected chi connectivity index (χ0v) is 26.1. The highest BCUT2D eigenvalue weighted by Gasteiger charge is 2.36. The zero-order valence-electron chi connectivity index (χ0n) is 26.1. The van der Waals surface area contributed by atoms with E-state index in [0.717, 1.165) is 37.3 Å². The van der Waals surface area contributed by atoms with Crippen LogP contribution in [-0.2, 0) is 37.6 Å². The van der Waals surface area contributed by atoms with Crippen LogP contribution in [0.25, 0.3) is 0 Å². The van der Waals surface area contributed by atoms with Crippen LogP contribution in [0.3, 0.4) is 0 Å². The number of alkyl halides is 3. The third-order valence-electron chi connectivity index (χ3n) is 8.92. The molecule has 3 aromatic rings. The number of hydrogen-bond donors (Lipinski definition) is 0. The second-order valence-electron chi connectivity index (χ2n) is 14.3. The number of benzene rings is 1. The van der Waals surface area contributed by atoms with Crippen LogP contribution in [0, 0.1) is 24.7 Å². The molecule has 3 aliphatic carbocycles. The van der Waals surface area contributed by atoms with Crippen LogP contribution < -0.4 is 9.80 Å². The maximum absolute atomic E-state index is 13.8. The van der Waals surface area contributed by atoms with Gasteiger partial charge in [0.1, 0.15) is 5.82 Å². The Labute approximate surface area is 252 Å². The molecule has 0 unspecified atom stereocenters. The predicted octanol–water partition coefficient (Wildman–Crippen LogP) is 7.11. The van der Waals surface area contributed by atoms with Crippen molar-refractivity contribution in [3.8, 4) is 0 Å². The lowest BCUT2D eigenvalue weighted by atomic mass is 9.90. The van der Waals surface area contributed by atoms with Crippen LogP contribution in [0.1, 0.15) is 93.3 Å². The largest absolute Gasteiger partial charge is 0.416 e. The molecule has 2 heterocycles. The molecule has 0 spiro atoms. The number of tetrazole rings is 1. The number of nitrogens with zero attached hydrogens (tertiary/aromatic N) is 7. The molecule has 2 aromatic heterocycles. The van der Waals surface area contributed by atoms with E-state index in [1.807, 2.05) is 11.0 Å². The summed E-state index contributed by atoms with van der Waals surface area (Å²) in [7, 11) is 0. The summed E-state index contributed by atoms with van der Waals surface area (Å²) >= 11 is 0. The summed E-state index contributed by atoms with van der Waals surface area (Å²) in [6.45, 7) is 13.7. The Kier molecular flexibility index (Phi) is 7.92. The zero-order chi connectivity index (χ0) is 30.5. The Bertz CT molecular complexity index is 1440. The van der Waals surface area contributed by atoms with Gasteiger partial charge in [0.05, 0.1) is 17.8 Å². The molecule has 0 atom stereocenters. The van der Waals surface area contributed by atoms with E-state index in [0.29, 0.717) is 47.9 Å². The maximum atomic E-state index is 13.8. The second kappa shape index (κ2) is 11.4. The molecule has 0 saturated heterocycles. The third-order valence-corrected chi connectivity index (χ3v) is 8.92. The first-order valence-electron chi connectivity index (χ1n) is 15.8. The van der Waals surface area contributed by atoms with Crippen molar-refractivity contribution in [2.45, 2.75) is 104 Å². The summed E-state index contributed by atoms with van der Waals surface area (Å²) in [5.74, 6) is 3.18. The highest BCUT2D eigenvalue weighted by Crippen LogP contribution is 2.42. The highest BCUT2D eigenvalue weighted by atomic mass is 19.4. The summed E-state index contributed by atoms with van der Waals surface area (Å²) < 4.78 is 41.3. The molecule has 7 nitrogen and oxygen atoms in total. The quantitative estimate of drug-likeness (QED) is 0.222. The molecule has 0 aliphatic heterocycles. The first-order valence-corrected chi connectivity index (χ1v) is 15.8. The first-order chi connectivity index (χ1) is 20.3. The molecule has 10 heteroatoms. The van der Waals surface area contributed by atoms with Crippen LogP contribution in [0.15, 0.2) is 24.3 Å². The number of pyridine rings is 1. The van der Waals surface area contributed by atoms with Gasteiger partial charge in [-0.25, -0.2) is 4.98 Å². The summed E-state index contributed by atoms with van der Waals surface area (Å²) in [5.41, 5.74) is 4.06. The number of rotatable bonds is 12. The van der Waals surface area contributed by atoms with Crippen LogP contribution in [0.4, 0.5) is 24.9 Å². The van der Waals surface area contributed by atoms with Gasteiger partial charge in [-0.15, -0.1) is 5.10 Å². The molecular weight excluding hydrogens is 551 g/mol. The van der Waals surface area contributed by atoms with E-state index < -0.39 is 11.7 Å². The third kappa shape index (κ3) is 7.15. The number of fused-ring (bicyclic) bond motifs is 1. The fourth-order valence-electron chi connectivity index (χ4n) is 6.30. The minimum atomic E-state index is -4.42. The van der Waals surface area contributed by atoms with Gasteiger partial charge in [-0.2, -0.15) is 18.0 Å². The minimum absolute atomic E-state index is 0.0176. The van der Waals surface area contributed by atoms with Crippen LogP contribution in [0.2, 0.25) is 0 Å². The molecule has 3 aliphatic rings. The molecule has 2 saturated carbocycles. The summed E-state index contributed by atoms with van der Waals surface area (Å²) in [5, 5.41) is 13.4. The molecule has 6 rings (SSSR count). The molecule has 0 amide bonds. The van der Waals surface area contributed by atoms with Crippen LogP contribution in [-0.4, -0.2) is 38.3 Å². The van der Waals surface area contributed by atoms with E-state index in [9.17, 15) is 13.2 Å². The van der Waals surface area contributed by atoms with Gasteiger partial charge in [-0.05, 0) is 97.7 Å². The van der Waals surface area contributed by atoms with Crippen molar-refractivity contribution >= 4 is 11.8 Å². The maximum Gasteiger partial charge on any atom is 0.416 e. The lowest BCUT2D eigenvalue weighted by Gasteiger charge is -2.30. The fourth-order valence-corrected chi connectivity index (χ4v) is 6.30. The molecule has 0 bridgehead atoms. The molecular formula is C33H44F3N7. The molecule has 232 valence electrons. The molecule has 0 radical (unpaired) electrons. The van der Waals surface area contributed by atoms with Crippen LogP contribution in [0.5, 0.6) is 0 Å². The Morgan fingerprint density at radius 2 is 1.67 bits per heavy atom. The fraction of sp³-hybridized carbons (Fsp3) is 0.636. The first kappa shape index (κ1) is 29.9. The Morgan fingerprint density at radius 3 is 2.30 bits per heavy atom. The van der Waals surface area contributed by atoms with Crippen molar-refractivity contribution in [2.24, 2.45) is 17.8 Å². The van der Waals surface area contributed by atoms with Gasteiger partial charge in [-0.1, -0.05) is 44.4 Å². The van der Waals surface area contributed by atoms with Gasteiger partial charge < -0.3 is 9.80 Å². The average molecular weight is 596 g/mol. The van der Waals surface area contributed by atoms with Crippen molar-refractivity contribution in [1.82, 2.24) is 25.2 Å². The Morgan fingerprint density at radius 1 is 0.977 bits per heavy atom. The van der Waals surface area contributed by atoms with E-state index in [2.05, 4.69) is 54.1 Å². The monoisotopic (exact) mass is 595 g/mol. The van der Waals surface area contributed by atoms with E-state index in [1.54, 1.807) is 11.7 Å². The van der Waals surface area contributed by atoms with Gasteiger partial charge in [0.25, 0.3) is 5.95 Å². The van der Waals surface area contributed by atoms with Crippen molar-refractivity contribution in [1.29, 1.82) is 0 Å². The van der Waals surface area contributed by atoms with E-state index >= 15 is 0 Å². The highest BCUT2D eigenvalue weighted by molar-refractivity contribution is 5.54. The Balaban J connectivity index is 1.40. The summed E-state index contributed by atoms with van der Waals surface area (Å²) in [6.07, 6.45) is 2.66. The molecule has 1 aromatic carbocycles. The lowest BCUT2D eigenvalue weighted by molar-refractivity contribution is -0.137. The normalized spacial score (nSPS) is 17.9. The molecule has 0 N–H and O–H groups in total. The second-order valence-corrected chi connectivity index (χ2v) is 14.3. The molecule has 2 fully saturated rings. The van der Waals surface area contributed by atoms with Crippen molar-refractivity contribution in [3.05, 3.63) is 57.8 Å². The minimum Gasteiger partial charge on any atom is -0.356 e. The van der Waals surface area contributed by atoms with Crippen molar-refractivity contribution in [2.75, 3.05) is 22.9 Å². The Hall–Kier alpha value is -3.17. The van der Waals surface area contributed by atoms with E-state index in [1.165, 1.54) is 49.1 Å². The van der Waals surface area contributed by atoms with Gasteiger partial charge in [0, 0.05) is 37.2 Å². The lowest BCUT2D eigenvalue weighted by Crippen LogP contribution is -2.32. The average Bonchev–Trinajstić information content (AvgIpc) is 3.84. The van der Waals surface area contributed by atoms with Gasteiger partial charge in [0.2, 0.25) is 0 Å². The van der Waals surface area contributed by atoms with E-state index in [-0.39, 0.29) is 12.0 Å². The molecule has 43 heavy (non-hydrogen) atoms. The number of halogens is 3. The number of anilines is 2. The number of aryl methyl sites for hydroxylation is 2.